The van der Waals surface area contributed by atoms with E-state index in [2.05, 4.69) is 21.5 Å². The molecule has 6 nitrogen and oxygen atoms in total. The lowest BCUT2D eigenvalue weighted by Crippen LogP contribution is -2.02. The Morgan fingerprint density at radius 3 is 3.13 bits per heavy atom. The largest absolute Gasteiger partial charge is 0.382 e. The van der Waals surface area contributed by atoms with Crippen molar-refractivity contribution in [1.82, 2.24) is 19.5 Å². The maximum atomic E-state index is 5.64. The average Bonchev–Trinajstić information content (AvgIpc) is 2.64. The first-order valence-corrected chi connectivity index (χ1v) is 4.43. The first-order chi connectivity index (χ1) is 7.33. The summed E-state index contributed by atoms with van der Waals surface area (Å²) in [4.78, 5) is 12.0. The molecule has 2 rings (SSSR count). The highest BCUT2D eigenvalue weighted by molar-refractivity contribution is 5.80. The third-order valence-corrected chi connectivity index (χ3v) is 1.90. The summed E-state index contributed by atoms with van der Waals surface area (Å²) in [7, 11) is 0. The van der Waals surface area contributed by atoms with Crippen molar-refractivity contribution in [2.45, 2.75) is 6.73 Å². The van der Waals surface area contributed by atoms with Gasteiger partial charge in [0.25, 0.3) is 0 Å². The van der Waals surface area contributed by atoms with Crippen LogP contribution in [-0.4, -0.2) is 26.1 Å². The molecule has 2 aromatic rings. The monoisotopic (exact) mass is 205 g/mol. The van der Waals surface area contributed by atoms with Crippen LogP contribution in [0, 0.1) is 0 Å². The van der Waals surface area contributed by atoms with Crippen LogP contribution in [0.3, 0.4) is 0 Å². The van der Waals surface area contributed by atoms with E-state index in [1.807, 2.05) is 0 Å². The predicted octanol–water partition coefficient (Wildman–Crippen LogP) is 0.569. The van der Waals surface area contributed by atoms with E-state index in [4.69, 9.17) is 10.5 Å². The van der Waals surface area contributed by atoms with Gasteiger partial charge in [0.05, 0.1) is 12.9 Å². The van der Waals surface area contributed by atoms with Crippen molar-refractivity contribution in [3.63, 3.8) is 0 Å². The summed E-state index contributed by atoms with van der Waals surface area (Å²) >= 11 is 0. The summed E-state index contributed by atoms with van der Waals surface area (Å²) in [6.07, 6.45) is 4.71. The van der Waals surface area contributed by atoms with Gasteiger partial charge in [-0.1, -0.05) is 6.08 Å². The molecule has 0 unspecified atom stereocenters. The lowest BCUT2D eigenvalue weighted by Gasteiger charge is -2.02. The summed E-state index contributed by atoms with van der Waals surface area (Å²) in [6.45, 7) is 4.42. The molecule has 0 bridgehead atoms. The van der Waals surface area contributed by atoms with E-state index in [1.54, 1.807) is 17.0 Å². The zero-order valence-electron chi connectivity index (χ0n) is 8.13. The minimum absolute atomic E-state index is 0.374. The smallest absolute Gasteiger partial charge is 0.167 e. The summed E-state index contributed by atoms with van der Waals surface area (Å²) in [6, 6.07) is 0. The van der Waals surface area contributed by atoms with Crippen molar-refractivity contribution >= 4 is 17.0 Å². The van der Waals surface area contributed by atoms with E-state index in [9.17, 15) is 0 Å². The number of hydrogen-bond donors (Lipinski definition) is 1. The Morgan fingerprint density at radius 2 is 2.33 bits per heavy atom. The Morgan fingerprint density at radius 1 is 1.47 bits per heavy atom. The molecule has 0 aromatic carbocycles. The number of anilines is 1. The van der Waals surface area contributed by atoms with Gasteiger partial charge < -0.3 is 10.5 Å². The van der Waals surface area contributed by atoms with Gasteiger partial charge in [-0.2, -0.15) is 0 Å². The lowest BCUT2D eigenvalue weighted by molar-refractivity contribution is 0.103. The second kappa shape index (κ2) is 4.05. The Bertz CT molecular complexity index is 478. The second-order valence-electron chi connectivity index (χ2n) is 2.93. The number of rotatable bonds is 4. The van der Waals surface area contributed by atoms with Gasteiger partial charge in [-0.25, -0.2) is 15.0 Å². The van der Waals surface area contributed by atoms with E-state index in [1.165, 1.54) is 6.33 Å². The zero-order valence-corrected chi connectivity index (χ0v) is 8.13. The van der Waals surface area contributed by atoms with Crippen molar-refractivity contribution < 1.29 is 4.74 Å². The standard InChI is InChI=1S/C9H11N5O/c1-2-3-15-6-14-5-13-7-8(10)11-4-12-9(7)14/h2,4-5H,1,3,6H2,(H2,10,11,12). The van der Waals surface area contributed by atoms with E-state index < -0.39 is 0 Å². The molecule has 2 heterocycles. The summed E-state index contributed by atoms with van der Waals surface area (Å²) in [5, 5.41) is 0. The molecule has 0 aliphatic carbocycles. The highest BCUT2D eigenvalue weighted by Gasteiger charge is 2.06. The Kier molecular flexibility index (Phi) is 2.59. The molecule has 15 heavy (non-hydrogen) atoms. The third kappa shape index (κ3) is 1.79. The molecule has 6 heteroatoms. The van der Waals surface area contributed by atoms with E-state index in [0.29, 0.717) is 30.3 Å². The fraction of sp³-hybridized carbons (Fsp3) is 0.222. The molecule has 2 aromatic heterocycles. The second-order valence-corrected chi connectivity index (χ2v) is 2.93. The van der Waals surface area contributed by atoms with Crippen molar-refractivity contribution in [1.29, 1.82) is 0 Å². The number of imidazole rings is 1. The maximum Gasteiger partial charge on any atom is 0.167 e. The molecular weight excluding hydrogens is 194 g/mol. The van der Waals surface area contributed by atoms with E-state index in [-0.39, 0.29) is 0 Å². The summed E-state index contributed by atoms with van der Waals surface area (Å²) in [5.74, 6) is 0.377. The van der Waals surface area contributed by atoms with Gasteiger partial charge in [0.2, 0.25) is 0 Å². The zero-order chi connectivity index (χ0) is 10.7. The van der Waals surface area contributed by atoms with Crippen molar-refractivity contribution in [2.75, 3.05) is 12.3 Å². The predicted molar refractivity (Wildman–Crippen MR) is 55.9 cm³/mol. The van der Waals surface area contributed by atoms with Crippen LogP contribution in [0.1, 0.15) is 0 Å². The Labute approximate surface area is 86.4 Å². The van der Waals surface area contributed by atoms with Crippen LogP contribution in [0.25, 0.3) is 11.2 Å². The Hall–Kier alpha value is -1.95. The van der Waals surface area contributed by atoms with Gasteiger partial charge in [-0.3, -0.25) is 4.57 Å². The molecule has 0 atom stereocenters. The number of nitrogen functional groups attached to an aromatic ring is 1. The molecule has 0 spiro atoms. The minimum Gasteiger partial charge on any atom is -0.382 e. The maximum absolute atomic E-state index is 5.64. The quantitative estimate of drug-likeness (QED) is 0.583. The summed E-state index contributed by atoms with van der Waals surface area (Å²) < 4.78 is 7.04. The van der Waals surface area contributed by atoms with Gasteiger partial charge in [0.15, 0.2) is 11.5 Å². The molecule has 0 aliphatic rings. The van der Waals surface area contributed by atoms with Crippen LogP contribution >= 0.6 is 0 Å². The molecule has 78 valence electrons. The van der Waals surface area contributed by atoms with E-state index in [0.717, 1.165) is 0 Å². The number of nitrogens with two attached hydrogens (primary N) is 1. The highest BCUT2D eigenvalue weighted by Crippen LogP contribution is 2.13. The van der Waals surface area contributed by atoms with Crippen LogP contribution in [0.15, 0.2) is 25.3 Å². The molecule has 0 saturated heterocycles. The first kappa shape index (κ1) is 9.60. The molecular formula is C9H11N5O. The molecule has 0 aliphatic heterocycles. The first-order valence-electron chi connectivity index (χ1n) is 4.43. The molecule has 2 N–H and O–H groups in total. The highest BCUT2D eigenvalue weighted by atomic mass is 16.5. The number of hydrogen-bond acceptors (Lipinski definition) is 5. The minimum atomic E-state index is 0.374. The fourth-order valence-corrected chi connectivity index (χ4v) is 1.23. The fourth-order valence-electron chi connectivity index (χ4n) is 1.23. The van der Waals surface area contributed by atoms with Gasteiger partial charge in [-0.15, -0.1) is 6.58 Å². The van der Waals surface area contributed by atoms with Gasteiger partial charge >= 0.3 is 0 Å². The SMILES string of the molecule is C=CCOCn1cnc2c(N)ncnc21. The molecule has 0 amide bonds. The number of ether oxygens (including phenoxy) is 1. The van der Waals surface area contributed by atoms with Crippen LogP contribution < -0.4 is 5.73 Å². The van der Waals surface area contributed by atoms with Crippen molar-refractivity contribution in [2.24, 2.45) is 0 Å². The van der Waals surface area contributed by atoms with E-state index >= 15 is 0 Å². The van der Waals surface area contributed by atoms with Crippen LogP contribution in [0.2, 0.25) is 0 Å². The molecule has 0 radical (unpaired) electrons. The average molecular weight is 205 g/mol. The van der Waals surface area contributed by atoms with Crippen LogP contribution in [0.4, 0.5) is 5.82 Å². The van der Waals surface area contributed by atoms with Crippen molar-refractivity contribution in [3.05, 3.63) is 25.3 Å². The number of fused-ring (bicyclic) bond motifs is 1. The van der Waals surface area contributed by atoms with Gasteiger partial charge in [0.1, 0.15) is 18.6 Å². The summed E-state index contributed by atoms with van der Waals surface area (Å²) in [5.41, 5.74) is 6.91. The molecule has 0 fully saturated rings. The number of nitrogens with zero attached hydrogens (tertiary/aromatic N) is 4. The normalized spacial score (nSPS) is 10.7. The van der Waals surface area contributed by atoms with Crippen molar-refractivity contribution in [3.8, 4) is 0 Å². The lowest BCUT2D eigenvalue weighted by atomic mass is 10.5. The third-order valence-electron chi connectivity index (χ3n) is 1.90. The topological polar surface area (TPSA) is 78.9 Å². The Balaban J connectivity index is 2.28. The van der Waals surface area contributed by atoms with Crippen LogP contribution in [0.5, 0.6) is 0 Å². The van der Waals surface area contributed by atoms with Gasteiger partial charge in [-0.05, 0) is 0 Å². The van der Waals surface area contributed by atoms with Gasteiger partial charge in [0, 0.05) is 0 Å². The molecule has 0 saturated carbocycles. The van der Waals surface area contributed by atoms with Crippen LogP contribution in [-0.2, 0) is 11.5 Å². The number of aromatic nitrogens is 4.